The van der Waals surface area contributed by atoms with Crippen LogP contribution in [0.15, 0.2) is 30.3 Å². The van der Waals surface area contributed by atoms with Crippen molar-refractivity contribution in [3.63, 3.8) is 0 Å². The summed E-state index contributed by atoms with van der Waals surface area (Å²) < 4.78 is 0. The van der Waals surface area contributed by atoms with Gasteiger partial charge in [0.2, 0.25) is 0 Å². The molecule has 1 atom stereocenters. The van der Waals surface area contributed by atoms with Gasteiger partial charge in [-0.2, -0.15) is 0 Å². The SMILES string of the molecule is O=C(C#Cc1ccccc1)NCC1CCNC1. The number of nitrogens with one attached hydrogen (secondary N) is 2. The summed E-state index contributed by atoms with van der Waals surface area (Å²) in [5, 5.41) is 6.11. The van der Waals surface area contributed by atoms with Gasteiger partial charge in [0, 0.05) is 18.0 Å². The number of hydrogen-bond donors (Lipinski definition) is 2. The Balaban J connectivity index is 1.79. The van der Waals surface area contributed by atoms with Crippen LogP contribution in [-0.4, -0.2) is 25.5 Å². The summed E-state index contributed by atoms with van der Waals surface area (Å²) in [7, 11) is 0. The lowest BCUT2D eigenvalue weighted by molar-refractivity contribution is -0.115. The van der Waals surface area contributed by atoms with Crippen molar-refractivity contribution in [1.29, 1.82) is 0 Å². The second-order valence-electron chi connectivity index (χ2n) is 4.18. The molecule has 88 valence electrons. The van der Waals surface area contributed by atoms with Crippen molar-refractivity contribution < 1.29 is 4.79 Å². The first kappa shape index (κ1) is 11.7. The average molecular weight is 228 g/mol. The van der Waals surface area contributed by atoms with E-state index in [1.54, 1.807) is 0 Å². The zero-order valence-electron chi connectivity index (χ0n) is 9.70. The quantitative estimate of drug-likeness (QED) is 0.734. The molecular formula is C14H16N2O. The predicted octanol–water partition coefficient (Wildman–Crippen LogP) is 0.764. The third kappa shape index (κ3) is 3.93. The van der Waals surface area contributed by atoms with Crippen molar-refractivity contribution in [1.82, 2.24) is 10.6 Å². The molecule has 0 bridgehead atoms. The van der Waals surface area contributed by atoms with Crippen LogP contribution in [0.3, 0.4) is 0 Å². The van der Waals surface area contributed by atoms with Crippen molar-refractivity contribution in [3.8, 4) is 11.8 Å². The summed E-state index contributed by atoms with van der Waals surface area (Å²) in [6, 6.07) is 9.53. The molecule has 1 unspecified atom stereocenters. The Morgan fingerprint density at radius 2 is 2.24 bits per heavy atom. The average Bonchev–Trinajstić information content (AvgIpc) is 2.88. The van der Waals surface area contributed by atoms with E-state index in [0.717, 1.165) is 31.6 Å². The standard InChI is InChI=1S/C14H16N2O/c17-14(16-11-13-8-9-15-10-13)7-6-12-4-2-1-3-5-12/h1-5,13,15H,8-11H2,(H,16,17). The second kappa shape index (κ2) is 6.07. The Kier molecular flexibility index (Phi) is 4.17. The van der Waals surface area contributed by atoms with Crippen LogP contribution >= 0.6 is 0 Å². The number of benzene rings is 1. The van der Waals surface area contributed by atoms with Gasteiger partial charge in [-0.25, -0.2) is 0 Å². The number of rotatable bonds is 2. The third-order valence-electron chi connectivity index (χ3n) is 2.81. The topological polar surface area (TPSA) is 41.1 Å². The molecular weight excluding hydrogens is 212 g/mol. The maximum atomic E-state index is 11.5. The van der Waals surface area contributed by atoms with Gasteiger partial charge in [-0.05, 0) is 37.6 Å². The predicted molar refractivity (Wildman–Crippen MR) is 67.3 cm³/mol. The zero-order valence-corrected chi connectivity index (χ0v) is 9.70. The number of carbonyl (C=O) groups excluding carboxylic acids is 1. The molecule has 2 rings (SSSR count). The minimum Gasteiger partial charge on any atom is -0.345 e. The van der Waals surface area contributed by atoms with Crippen LogP contribution in [0.25, 0.3) is 0 Å². The van der Waals surface area contributed by atoms with E-state index in [1.807, 2.05) is 30.3 Å². The van der Waals surface area contributed by atoms with Gasteiger partial charge in [-0.1, -0.05) is 24.1 Å². The first-order valence-corrected chi connectivity index (χ1v) is 5.90. The molecule has 0 spiro atoms. The molecule has 1 aliphatic heterocycles. The lowest BCUT2D eigenvalue weighted by Crippen LogP contribution is -2.29. The molecule has 1 aliphatic rings. The fraction of sp³-hybridized carbons (Fsp3) is 0.357. The largest absolute Gasteiger partial charge is 0.345 e. The van der Waals surface area contributed by atoms with Crippen molar-refractivity contribution >= 4 is 5.91 Å². The number of hydrogen-bond acceptors (Lipinski definition) is 2. The highest BCUT2D eigenvalue weighted by Crippen LogP contribution is 2.04. The third-order valence-corrected chi connectivity index (χ3v) is 2.81. The first-order valence-electron chi connectivity index (χ1n) is 5.90. The molecule has 17 heavy (non-hydrogen) atoms. The maximum Gasteiger partial charge on any atom is 0.296 e. The highest BCUT2D eigenvalue weighted by Gasteiger charge is 2.14. The van der Waals surface area contributed by atoms with Crippen LogP contribution < -0.4 is 10.6 Å². The van der Waals surface area contributed by atoms with Crippen LogP contribution in [0.1, 0.15) is 12.0 Å². The number of carbonyl (C=O) groups is 1. The van der Waals surface area contributed by atoms with E-state index in [-0.39, 0.29) is 5.91 Å². The molecule has 1 heterocycles. The van der Waals surface area contributed by atoms with Gasteiger partial charge in [0.25, 0.3) is 5.91 Å². The van der Waals surface area contributed by atoms with E-state index in [0.29, 0.717) is 5.92 Å². The van der Waals surface area contributed by atoms with Crippen LogP contribution in [0.5, 0.6) is 0 Å². The zero-order chi connectivity index (χ0) is 11.9. The van der Waals surface area contributed by atoms with E-state index in [9.17, 15) is 4.79 Å². The fourth-order valence-corrected chi connectivity index (χ4v) is 1.82. The molecule has 2 N–H and O–H groups in total. The number of amides is 1. The minimum absolute atomic E-state index is 0.194. The van der Waals surface area contributed by atoms with E-state index >= 15 is 0 Å². The monoisotopic (exact) mass is 228 g/mol. The second-order valence-corrected chi connectivity index (χ2v) is 4.18. The summed E-state index contributed by atoms with van der Waals surface area (Å²) in [4.78, 5) is 11.5. The van der Waals surface area contributed by atoms with Crippen LogP contribution in [0.4, 0.5) is 0 Å². The van der Waals surface area contributed by atoms with Crippen LogP contribution in [0.2, 0.25) is 0 Å². The first-order chi connectivity index (χ1) is 8.34. The maximum absolute atomic E-state index is 11.5. The highest BCUT2D eigenvalue weighted by atomic mass is 16.1. The summed E-state index contributed by atoms with van der Waals surface area (Å²) >= 11 is 0. The van der Waals surface area contributed by atoms with Gasteiger partial charge in [0.15, 0.2) is 0 Å². The van der Waals surface area contributed by atoms with Crippen molar-refractivity contribution in [3.05, 3.63) is 35.9 Å². The fourth-order valence-electron chi connectivity index (χ4n) is 1.82. The van der Waals surface area contributed by atoms with Crippen LogP contribution in [0, 0.1) is 17.8 Å². The molecule has 3 heteroatoms. The summed E-state index contributed by atoms with van der Waals surface area (Å²) in [6.07, 6.45) is 1.13. The molecule has 0 aromatic heterocycles. The van der Waals surface area contributed by atoms with Gasteiger partial charge < -0.3 is 10.6 Å². The van der Waals surface area contributed by atoms with Crippen LogP contribution in [-0.2, 0) is 4.79 Å². The summed E-state index contributed by atoms with van der Waals surface area (Å²) in [5.41, 5.74) is 0.866. The normalized spacial score (nSPS) is 18.2. The molecule has 1 aromatic rings. The van der Waals surface area contributed by atoms with Crippen molar-refractivity contribution in [2.45, 2.75) is 6.42 Å². The summed E-state index contributed by atoms with van der Waals surface area (Å²) in [6.45, 7) is 2.76. The molecule has 1 amide bonds. The Morgan fingerprint density at radius 3 is 2.94 bits per heavy atom. The Labute approximate surface area is 102 Å². The van der Waals surface area contributed by atoms with E-state index < -0.39 is 0 Å². The van der Waals surface area contributed by atoms with Gasteiger partial charge in [0.1, 0.15) is 0 Å². The Bertz CT molecular complexity index is 425. The lowest BCUT2D eigenvalue weighted by atomic mass is 10.1. The summed E-state index contributed by atoms with van der Waals surface area (Å²) in [5.74, 6) is 5.80. The van der Waals surface area contributed by atoms with E-state index in [1.165, 1.54) is 0 Å². The Hall–Kier alpha value is -1.79. The molecule has 0 saturated carbocycles. The van der Waals surface area contributed by atoms with Crippen molar-refractivity contribution in [2.75, 3.05) is 19.6 Å². The highest BCUT2D eigenvalue weighted by molar-refractivity contribution is 5.94. The molecule has 1 saturated heterocycles. The lowest BCUT2D eigenvalue weighted by Gasteiger charge is -2.06. The molecule has 0 aliphatic carbocycles. The molecule has 1 fully saturated rings. The van der Waals surface area contributed by atoms with E-state index in [2.05, 4.69) is 22.5 Å². The van der Waals surface area contributed by atoms with Crippen molar-refractivity contribution in [2.24, 2.45) is 5.92 Å². The van der Waals surface area contributed by atoms with Gasteiger partial charge >= 0.3 is 0 Å². The van der Waals surface area contributed by atoms with E-state index in [4.69, 9.17) is 0 Å². The van der Waals surface area contributed by atoms with Gasteiger partial charge in [-0.3, -0.25) is 4.79 Å². The smallest absolute Gasteiger partial charge is 0.296 e. The molecule has 1 aromatic carbocycles. The minimum atomic E-state index is -0.194. The molecule has 3 nitrogen and oxygen atoms in total. The van der Waals surface area contributed by atoms with Gasteiger partial charge in [-0.15, -0.1) is 0 Å². The Morgan fingerprint density at radius 1 is 1.41 bits per heavy atom. The molecule has 0 radical (unpaired) electrons. The van der Waals surface area contributed by atoms with Gasteiger partial charge in [0.05, 0.1) is 0 Å².